The van der Waals surface area contributed by atoms with E-state index in [1.54, 1.807) is 44.7 Å². The van der Waals surface area contributed by atoms with Gasteiger partial charge in [-0.3, -0.25) is 10.00 Å². The second-order valence-electron chi connectivity index (χ2n) is 5.86. The molecule has 8 nitrogen and oxygen atoms in total. The summed E-state index contributed by atoms with van der Waals surface area (Å²) in [5.41, 5.74) is 1.87. The molecule has 0 saturated carbocycles. The van der Waals surface area contributed by atoms with Crippen LogP contribution in [0.2, 0.25) is 0 Å². The Morgan fingerprint density at radius 1 is 1.29 bits per heavy atom. The number of carbonyl (C=O) groups is 1. The number of amides is 1. The van der Waals surface area contributed by atoms with Crippen LogP contribution >= 0.6 is 11.9 Å². The largest absolute Gasteiger partial charge is 0.441 e. The zero-order chi connectivity index (χ0) is 20.1. The van der Waals surface area contributed by atoms with Gasteiger partial charge in [-0.1, -0.05) is 24.1 Å². The molecule has 2 aromatic heterocycles. The van der Waals surface area contributed by atoms with Crippen LogP contribution in [0.1, 0.15) is 18.6 Å². The van der Waals surface area contributed by atoms with Crippen LogP contribution in [0, 0.1) is 5.82 Å². The number of nitrogens with zero attached hydrogens (tertiary/aromatic N) is 4. The van der Waals surface area contributed by atoms with Crippen molar-refractivity contribution in [1.29, 1.82) is 0 Å². The molecule has 0 aliphatic rings. The number of aromatic nitrogens is 4. The Hall–Kier alpha value is -3.14. The molecule has 3 aromatic rings. The van der Waals surface area contributed by atoms with Crippen LogP contribution in [0.4, 0.5) is 20.7 Å². The third kappa shape index (κ3) is 4.58. The molecule has 0 radical (unpaired) electrons. The highest BCUT2D eigenvalue weighted by atomic mass is 32.2. The summed E-state index contributed by atoms with van der Waals surface area (Å²) in [6.45, 7) is 1.67. The number of nitrogens with one attached hydrogen (secondary N) is 2. The lowest BCUT2D eigenvalue weighted by Gasteiger charge is -2.15. The summed E-state index contributed by atoms with van der Waals surface area (Å²) in [5.74, 6) is 0.411. The van der Waals surface area contributed by atoms with E-state index in [1.807, 2.05) is 6.26 Å². The van der Waals surface area contributed by atoms with Gasteiger partial charge in [-0.15, -0.1) is 0 Å². The summed E-state index contributed by atoms with van der Waals surface area (Å²) in [6.07, 6.45) is 5.42. The van der Waals surface area contributed by atoms with Gasteiger partial charge in [0.05, 0.1) is 29.8 Å². The average molecular weight is 402 g/mol. The number of anilines is 2. The normalized spacial score (nSPS) is 11.7. The molecule has 0 aliphatic carbocycles. The number of benzene rings is 1. The van der Waals surface area contributed by atoms with Gasteiger partial charge >= 0.3 is 6.09 Å². The molecule has 146 valence electrons. The van der Waals surface area contributed by atoms with E-state index in [4.69, 9.17) is 4.74 Å². The monoisotopic (exact) mass is 402 g/mol. The molecule has 0 fully saturated rings. The SMILES string of the molecule is CSNc1cnc(-c2cnn(C)c2NC(=O)OC(C)c2cccc(F)c2)nc1. The molecule has 1 aromatic carbocycles. The van der Waals surface area contributed by atoms with Gasteiger partial charge in [0, 0.05) is 13.3 Å². The summed E-state index contributed by atoms with van der Waals surface area (Å²) < 4.78 is 23.2. The molecule has 0 bridgehead atoms. The Bertz CT molecular complexity index is 963. The smallest absolute Gasteiger partial charge is 0.413 e. The minimum Gasteiger partial charge on any atom is -0.441 e. The van der Waals surface area contributed by atoms with Crippen LogP contribution in [0.15, 0.2) is 42.9 Å². The fourth-order valence-corrected chi connectivity index (χ4v) is 2.84. The second kappa shape index (κ2) is 8.70. The number of aryl methyl sites for hydroxylation is 1. The van der Waals surface area contributed by atoms with Gasteiger partial charge in [0.2, 0.25) is 0 Å². The minimum absolute atomic E-state index is 0.390. The van der Waals surface area contributed by atoms with Crippen LogP contribution in [0.5, 0.6) is 0 Å². The molecular formula is C18H19FN6O2S. The van der Waals surface area contributed by atoms with Crippen LogP contribution in [0.3, 0.4) is 0 Å². The summed E-state index contributed by atoms with van der Waals surface area (Å²) in [4.78, 5) is 20.9. The number of carbonyl (C=O) groups excluding carboxylic acids is 1. The molecular weight excluding hydrogens is 383 g/mol. The lowest BCUT2D eigenvalue weighted by atomic mass is 10.1. The maximum absolute atomic E-state index is 13.4. The van der Waals surface area contributed by atoms with Gasteiger partial charge in [-0.2, -0.15) is 5.10 Å². The van der Waals surface area contributed by atoms with E-state index in [1.165, 1.54) is 28.8 Å². The zero-order valence-corrected chi connectivity index (χ0v) is 16.3. The van der Waals surface area contributed by atoms with Crippen LogP contribution in [-0.2, 0) is 11.8 Å². The Morgan fingerprint density at radius 3 is 2.71 bits per heavy atom. The number of hydrogen-bond acceptors (Lipinski definition) is 7. The maximum atomic E-state index is 13.4. The average Bonchev–Trinajstić information content (AvgIpc) is 3.03. The molecule has 1 atom stereocenters. The third-order valence-electron chi connectivity index (χ3n) is 3.87. The van der Waals surface area contributed by atoms with Crippen molar-refractivity contribution >= 4 is 29.5 Å². The Kier molecular flexibility index (Phi) is 6.09. The molecule has 1 amide bonds. The molecule has 0 spiro atoms. The predicted molar refractivity (Wildman–Crippen MR) is 106 cm³/mol. The summed E-state index contributed by atoms with van der Waals surface area (Å²) in [5, 5.41) is 6.81. The standard InChI is InChI=1S/C18H19FN6O2S/c1-11(12-5-4-6-13(19)7-12)27-18(26)23-17-15(10-22-25(17)2)16-20-8-14(9-21-16)24-28-3/h4-11,24H,1-3H3,(H,23,26). The molecule has 2 N–H and O–H groups in total. The molecule has 0 aliphatic heterocycles. The van der Waals surface area contributed by atoms with Crippen molar-refractivity contribution in [2.75, 3.05) is 16.3 Å². The van der Waals surface area contributed by atoms with Crippen LogP contribution < -0.4 is 10.0 Å². The second-order valence-corrected chi connectivity index (χ2v) is 6.47. The van der Waals surface area contributed by atoms with Crippen molar-refractivity contribution in [3.8, 4) is 11.4 Å². The van der Waals surface area contributed by atoms with Crippen molar-refractivity contribution in [2.45, 2.75) is 13.0 Å². The van der Waals surface area contributed by atoms with Crippen molar-refractivity contribution < 1.29 is 13.9 Å². The fourth-order valence-electron chi connectivity index (χ4n) is 2.50. The number of halogens is 1. The van der Waals surface area contributed by atoms with Crippen LogP contribution in [0.25, 0.3) is 11.4 Å². The quantitative estimate of drug-likeness (QED) is 0.602. The van der Waals surface area contributed by atoms with Crippen molar-refractivity contribution in [1.82, 2.24) is 19.7 Å². The Labute approximate surface area is 165 Å². The molecule has 1 unspecified atom stereocenters. The maximum Gasteiger partial charge on any atom is 0.413 e. The van der Waals surface area contributed by atoms with E-state index in [-0.39, 0.29) is 5.82 Å². The zero-order valence-electron chi connectivity index (χ0n) is 15.5. The van der Waals surface area contributed by atoms with Gasteiger partial charge in [0.15, 0.2) is 5.82 Å². The highest BCUT2D eigenvalue weighted by Crippen LogP contribution is 2.26. The lowest BCUT2D eigenvalue weighted by Crippen LogP contribution is -2.18. The molecule has 3 rings (SSSR count). The van der Waals surface area contributed by atoms with E-state index >= 15 is 0 Å². The van der Waals surface area contributed by atoms with E-state index in [2.05, 4.69) is 25.1 Å². The van der Waals surface area contributed by atoms with Gasteiger partial charge in [0.25, 0.3) is 0 Å². The Morgan fingerprint density at radius 2 is 2.04 bits per heavy atom. The first kappa shape index (κ1) is 19.6. The topological polar surface area (TPSA) is 94.0 Å². The van der Waals surface area contributed by atoms with Gasteiger partial charge in [-0.25, -0.2) is 19.2 Å². The third-order valence-corrected chi connectivity index (χ3v) is 4.31. The summed E-state index contributed by atoms with van der Waals surface area (Å²) in [7, 11) is 1.68. The Balaban J connectivity index is 1.73. The first-order valence-corrected chi connectivity index (χ1v) is 9.57. The van der Waals surface area contributed by atoms with Gasteiger partial charge in [-0.05, 0) is 24.6 Å². The van der Waals surface area contributed by atoms with Crippen LogP contribution in [-0.4, -0.2) is 32.1 Å². The molecule has 10 heteroatoms. The lowest BCUT2D eigenvalue weighted by molar-refractivity contribution is 0.121. The number of ether oxygens (including phenoxy) is 1. The predicted octanol–water partition coefficient (Wildman–Crippen LogP) is 4.02. The fraction of sp³-hybridized carbons (Fsp3) is 0.222. The highest BCUT2D eigenvalue weighted by molar-refractivity contribution is 7.99. The van der Waals surface area contributed by atoms with E-state index in [0.717, 1.165) is 5.69 Å². The highest BCUT2D eigenvalue weighted by Gasteiger charge is 2.18. The summed E-state index contributed by atoms with van der Waals surface area (Å²) >= 11 is 1.43. The molecule has 2 heterocycles. The van der Waals surface area contributed by atoms with Crippen molar-refractivity contribution in [3.05, 3.63) is 54.2 Å². The molecule has 0 saturated heterocycles. The van der Waals surface area contributed by atoms with Crippen molar-refractivity contribution in [3.63, 3.8) is 0 Å². The van der Waals surface area contributed by atoms with Gasteiger partial charge in [0.1, 0.15) is 17.7 Å². The van der Waals surface area contributed by atoms with E-state index in [0.29, 0.717) is 22.8 Å². The van der Waals surface area contributed by atoms with E-state index < -0.39 is 12.2 Å². The first-order chi connectivity index (χ1) is 13.5. The first-order valence-electron chi connectivity index (χ1n) is 8.34. The number of rotatable bonds is 6. The summed E-state index contributed by atoms with van der Waals surface area (Å²) in [6, 6.07) is 5.91. The molecule has 28 heavy (non-hydrogen) atoms. The minimum atomic E-state index is -0.692. The van der Waals surface area contributed by atoms with Gasteiger partial charge < -0.3 is 9.46 Å². The number of hydrogen-bond donors (Lipinski definition) is 2. The van der Waals surface area contributed by atoms with Crippen molar-refractivity contribution in [2.24, 2.45) is 7.05 Å². The van der Waals surface area contributed by atoms with E-state index in [9.17, 15) is 9.18 Å².